The highest BCUT2D eigenvalue weighted by molar-refractivity contribution is 6.29. The van der Waals surface area contributed by atoms with Crippen molar-refractivity contribution in [1.29, 1.82) is 0 Å². The van der Waals surface area contributed by atoms with Gasteiger partial charge in [0.1, 0.15) is 35.4 Å². The number of nitrogens with zero attached hydrogens (tertiary/aromatic N) is 4. The Morgan fingerprint density at radius 1 is 1.30 bits per heavy atom. The molecule has 0 radical (unpaired) electrons. The molecule has 33 heavy (non-hydrogen) atoms. The van der Waals surface area contributed by atoms with Gasteiger partial charge < -0.3 is 14.3 Å². The van der Waals surface area contributed by atoms with Gasteiger partial charge in [-0.25, -0.2) is 9.97 Å². The quantitative estimate of drug-likeness (QED) is 0.326. The summed E-state index contributed by atoms with van der Waals surface area (Å²) in [4.78, 5) is 13.4. The van der Waals surface area contributed by atoms with Crippen LogP contribution in [0.25, 0.3) is 10.9 Å². The highest BCUT2D eigenvalue weighted by Gasteiger charge is 2.54. The van der Waals surface area contributed by atoms with Crippen LogP contribution in [-0.2, 0) is 6.54 Å². The lowest BCUT2D eigenvalue weighted by molar-refractivity contribution is -0.985. The molecule has 0 amide bonds. The van der Waals surface area contributed by atoms with Gasteiger partial charge in [0.15, 0.2) is 0 Å². The summed E-state index contributed by atoms with van der Waals surface area (Å²) in [5.74, 6) is 2.42. The van der Waals surface area contributed by atoms with Gasteiger partial charge >= 0.3 is 0 Å². The molecule has 2 bridgehead atoms. The van der Waals surface area contributed by atoms with Crippen LogP contribution >= 0.6 is 11.6 Å². The van der Waals surface area contributed by atoms with Crippen molar-refractivity contribution in [2.75, 3.05) is 20.2 Å². The first-order chi connectivity index (χ1) is 15.9. The molecule has 6 nitrogen and oxygen atoms in total. The largest absolute Gasteiger partial charge is 0.497 e. The van der Waals surface area contributed by atoms with Crippen molar-refractivity contribution >= 4 is 22.5 Å². The molecule has 6 rings (SSSR count). The minimum absolute atomic E-state index is 0.0470. The average Bonchev–Trinajstić information content (AvgIpc) is 2.82. The van der Waals surface area contributed by atoms with E-state index in [4.69, 9.17) is 16.3 Å². The van der Waals surface area contributed by atoms with Gasteiger partial charge in [0.05, 0.1) is 31.4 Å². The minimum atomic E-state index is -0.630. The molecule has 0 aliphatic carbocycles. The number of halogens is 1. The number of methoxy groups -OCH3 is 1. The van der Waals surface area contributed by atoms with Crippen LogP contribution in [0.15, 0.2) is 49.2 Å². The molecule has 0 spiro atoms. The third kappa shape index (κ3) is 4.01. The summed E-state index contributed by atoms with van der Waals surface area (Å²) in [5, 5.41) is 13.3. The zero-order valence-corrected chi connectivity index (χ0v) is 19.9. The smallest absolute Gasteiger partial charge is 0.133 e. The summed E-state index contributed by atoms with van der Waals surface area (Å²) in [6, 6.07) is 9.68. The van der Waals surface area contributed by atoms with E-state index < -0.39 is 6.10 Å². The Morgan fingerprint density at radius 2 is 2.15 bits per heavy atom. The monoisotopic (exact) mass is 465 g/mol. The van der Waals surface area contributed by atoms with E-state index in [-0.39, 0.29) is 6.04 Å². The van der Waals surface area contributed by atoms with Gasteiger partial charge in [-0.15, -0.1) is 6.58 Å². The first-order valence-electron chi connectivity index (χ1n) is 11.5. The normalized spacial score (nSPS) is 27.5. The van der Waals surface area contributed by atoms with Crippen LogP contribution in [0.1, 0.15) is 36.0 Å². The van der Waals surface area contributed by atoms with E-state index in [1.165, 1.54) is 0 Å². The lowest BCUT2D eigenvalue weighted by Gasteiger charge is -2.58. The van der Waals surface area contributed by atoms with Crippen molar-refractivity contribution in [3.63, 3.8) is 0 Å². The number of hydrogen-bond acceptors (Lipinski definition) is 5. The highest BCUT2D eigenvalue weighted by atomic mass is 35.5. The number of fused-ring (bicyclic) bond motifs is 4. The lowest BCUT2D eigenvalue weighted by Crippen LogP contribution is -2.67. The molecule has 0 saturated carbocycles. The van der Waals surface area contributed by atoms with Crippen molar-refractivity contribution in [3.05, 3.63) is 71.4 Å². The van der Waals surface area contributed by atoms with Gasteiger partial charge in [-0.3, -0.25) is 4.98 Å². The molecule has 5 heterocycles. The van der Waals surface area contributed by atoms with Gasteiger partial charge in [0, 0.05) is 36.4 Å². The van der Waals surface area contributed by atoms with Gasteiger partial charge in [-0.05, 0) is 42.7 Å². The molecule has 3 aliphatic rings. The van der Waals surface area contributed by atoms with Crippen LogP contribution in [-0.4, -0.2) is 50.8 Å². The van der Waals surface area contributed by atoms with Crippen LogP contribution in [0, 0.1) is 18.8 Å². The fraction of sp³-hybridized carbons (Fsp3) is 0.423. The van der Waals surface area contributed by atoms with Crippen LogP contribution in [0.3, 0.4) is 0 Å². The van der Waals surface area contributed by atoms with E-state index in [1.807, 2.05) is 37.3 Å². The predicted octanol–water partition coefficient (Wildman–Crippen LogP) is 4.64. The number of pyridine rings is 1. The van der Waals surface area contributed by atoms with E-state index in [0.29, 0.717) is 29.4 Å². The first-order valence-corrected chi connectivity index (χ1v) is 11.9. The van der Waals surface area contributed by atoms with Crippen LogP contribution in [0.4, 0.5) is 0 Å². The number of rotatable bonds is 6. The van der Waals surface area contributed by atoms with E-state index in [1.54, 1.807) is 13.3 Å². The van der Waals surface area contributed by atoms with E-state index in [9.17, 15) is 5.11 Å². The van der Waals surface area contributed by atoms with Gasteiger partial charge in [-0.1, -0.05) is 17.7 Å². The molecular weight excluding hydrogens is 436 g/mol. The molecule has 5 atom stereocenters. The minimum Gasteiger partial charge on any atom is -0.497 e. The third-order valence-electron chi connectivity index (χ3n) is 7.68. The molecule has 3 fully saturated rings. The second-order valence-corrected chi connectivity index (χ2v) is 9.88. The summed E-state index contributed by atoms with van der Waals surface area (Å²) >= 11 is 6.27. The molecule has 1 N–H and O–H groups in total. The molecule has 2 aromatic heterocycles. The van der Waals surface area contributed by atoms with Crippen LogP contribution < -0.4 is 4.74 Å². The molecule has 3 aromatic rings. The lowest BCUT2D eigenvalue weighted by atomic mass is 9.71. The van der Waals surface area contributed by atoms with Crippen molar-refractivity contribution in [1.82, 2.24) is 15.0 Å². The molecular formula is C26H30ClN4O2+. The predicted molar refractivity (Wildman–Crippen MR) is 129 cm³/mol. The fourth-order valence-electron chi connectivity index (χ4n) is 6.11. The van der Waals surface area contributed by atoms with Gasteiger partial charge in [0.2, 0.25) is 0 Å². The number of ether oxygens (including phenoxy) is 1. The SMILES string of the molecule is C=CC1C[N+]2(Cc3cc(Cl)nc(C)n3)CCC1CC2C(O)c1ccnc2ccc(OC)cc12. The van der Waals surface area contributed by atoms with Crippen LogP contribution in [0.5, 0.6) is 5.75 Å². The van der Waals surface area contributed by atoms with Crippen molar-refractivity contribution in [3.8, 4) is 5.75 Å². The Labute approximate surface area is 199 Å². The molecule has 7 heteroatoms. The molecule has 3 aliphatic heterocycles. The Hall–Kier alpha value is -2.54. The zero-order valence-electron chi connectivity index (χ0n) is 19.1. The van der Waals surface area contributed by atoms with Gasteiger partial charge in [0.25, 0.3) is 0 Å². The molecule has 172 valence electrons. The third-order valence-corrected chi connectivity index (χ3v) is 7.87. The van der Waals surface area contributed by atoms with Crippen molar-refractivity contribution in [2.45, 2.75) is 38.5 Å². The van der Waals surface area contributed by atoms with Crippen molar-refractivity contribution in [2.24, 2.45) is 11.8 Å². The number of aromatic nitrogens is 3. The zero-order chi connectivity index (χ0) is 23.2. The summed E-state index contributed by atoms with van der Waals surface area (Å²) < 4.78 is 6.22. The maximum atomic E-state index is 11.9. The molecule has 1 aromatic carbocycles. The second kappa shape index (κ2) is 8.67. The number of quaternary nitrogens is 1. The number of aryl methyl sites for hydroxylation is 1. The highest BCUT2D eigenvalue weighted by Crippen LogP contribution is 2.48. The molecule has 5 unspecified atom stereocenters. The van der Waals surface area contributed by atoms with Crippen LogP contribution in [0.2, 0.25) is 5.15 Å². The Balaban J connectivity index is 1.57. The maximum absolute atomic E-state index is 11.9. The number of hydrogen-bond donors (Lipinski definition) is 1. The number of piperidine rings is 3. The number of aliphatic hydroxyl groups is 1. The van der Waals surface area contributed by atoms with Gasteiger partial charge in [-0.2, -0.15) is 0 Å². The molecule has 3 saturated heterocycles. The Morgan fingerprint density at radius 3 is 2.91 bits per heavy atom. The Bertz CT molecular complexity index is 1180. The summed E-state index contributed by atoms with van der Waals surface area (Å²) in [7, 11) is 1.66. The average molecular weight is 466 g/mol. The summed E-state index contributed by atoms with van der Waals surface area (Å²) in [6.45, 7) is 8.65. The fourth-order valence-corrected chi connectivity index (χ4v) is 6.36. The van der Waals surface area contributed by atoms with Crippen molar-refractivity contribution < 1.29 is 14.3 Å². The summed E-state index contributed by atoms with van der Waals surface area (Å²) in [6.07, 6.45) is 5.33. The standard InChI is InChI=1S/C26H30ClN4O2/c1-4-17-14-31(15-19-12-25(27)30-16(2)29-19)10-8-18(17)11-24(31)26(32)21-7-9-28-23-6-5-20(33-3)13-22(21)23/h4-7,9,12-13,17-18,24,26,32H,1,8,10-11,14-15H2,2-3H3/q+1. The maximum Gasteiger partial charge on any atom is 0.133 e. The number of aliphatic hydroxyl groups excluding tert-OH is 1. The second-order valence-electron chi connectivity index (χ2n) is 9.49. The topological polar surface area (TPSA) is 68.1 Å². The van der Waals surface area contributed by atoms with E-state index in [0.717, 1.165) is 58.3 Å². The first kappa shape index (κ1) is 22.3. The van der Waals surface area contributed by atoms with E-state index in [2.05, 4.69) is 27.6 Å². The summed E-state index contributed by atoms with van der Waals surface area (Å²) in [5.41, 5.74) is 2.69. The Kier molecular flexibility index (Phi) is 5.85. The number of benzene rings is 1. The van der Waals surface area contributed by atoms with E-state index >= 15 is 0 Å².